The third-order valence-electron chi connectivity index (χ3n) is 5.57. The molecule has 0 amide bonds. The number of nitrogens with one attached hydrogen (secondary N) is 2. The number of sulfone groups is 1. The van der Waals surface area contributed by atoms with Crippen LogP contribution in [0, 0.1) is 6.92 Å². The molecule has 1 fully saturated rings. The molecule has 1 aliphatic heterocycles. The predicted octanol–water partition coefficient (Wildman–Crippen LogP) is 3.39. The molecule has 9 nitrogen and oxygen atoms in total. The van der Waals surface area contributed by atoms with E-state index in [9.17, 15) is 8.42 Å². The topological polar surface area (TPSA) is 106 Å². The summed E-state index contributed by atoms with van der Waals surface area (Å²) in [4.78, 5) is 11.6. The van der Waals surface area contributed by atoms with Gasteiger partial charge in [-0.25, -0.2) is 13.4 Å². The van der Waals surface area contributed by atoms with Gasteiger partial charge in [-0.15, -0.1) is 0 Å². The second-order valence-electron chi connectivity index (χ2n) is 8.11. The molecule has 1 aromatic heterocycles. The van der Waals surface area contributed by atoms with E-state index in [1.54, 1.807) is 31.5 Å². The Hall–Kier alpha value is -3.37. The smallest absolute Gasteiger partial charge is 0.229 e. The fourth-order valence-corrected chi connectivity index (χ4v) is 4.37. The lowest BCUT2D eigenvalue weighted by Gasteiger charge is -2.29. The minimum atomic E-state index is -3.26. The van der Waals surface area contributed by atoms with Crippen molar-refractivity contribution < 1.29 is 17.9 Å². The largest absolute Gasteiger partial charge is 0.494 e. The van der Waals surface area contributed by atoms with Crippen molar-refractivity contribution in [2.45, 2.75) is 18.4 Å². The average Bonchev–Trinajstić information content (AvgIpc) is 2.85. The van der Waals surface area contributed by atoms with E-state index in [0.29, 0.717) is 42.2 Å². The maximum absolute atomic E-state index is 11.8. The second kappa shape index (κ2) is 10.3. The van der Waals surface area contributed by atoms with E-state index in [2.05, 4.69) is 25.5 Å². The van der Waals surface area contributed by atoms with Gasteiger partial charge in [-0.05, 0) is 36.8 Å². The average molecular weight is 484 g/mol. The van der Waals surface area contributed by atoms with Crippen molar-refractivity contribution in [1.82, 2.24) is 9.97 Å². The number of aromatic nitrogens is 2. The molecule has 10 heteroatoms. The monoisotopic (exact) mass is 483 g/mol. The molecule has 0 spiro atoms. The van der Waals surface area contributed by atoms with E-state index in [1.165, 1.54) is 6.26 Å². The highest BCUT2D eigenvalue weighted by molar-refractivity contribution is 7.90. The fraction of sp³-hybridized carbons (Fsp3) is 0.333. The Morgan fingerprint density at radius 2 is 1.94 bits per heavy atom. The van der Waals surface area contributed by atoms with Crippen LogP contribution in [0.5, 0.6) is 5.75 Å². The van der Waals surface area contributed by atoms with Crippen molar-refractivity contribution in [2.75, 3.05) is 55.2 Å². The summed E-state index contributed by atoms with van der Waals surface area (Å²) in [6, 6.07) is 12.9. The lowest BCUT2D eigenvalue weighted by Crippen LogP contribution is -2.36. The molecule has 2 aromatic carbocycles. The van der Waals surface area contributed by atoms with Crippen LogP contribution in [0.25, 0.3) is 0 Å². The van der Waals surface area contributed by atoms with Gasteiger partial charge in [0, 0.05) is 49.4 Å². The van der Waals surface area contributed by atoms with Crippen LogP contribution in [0.1, 0.15) is 11.1 Å². The molecule has 3 aromatic rings. The van der Waals surface area contributed by atoms with Crippen molar-refractivity contribution in [3.63, 3.8) is 0 Å². The number of ether oxygens (including phenoxy) is 2. The summed E-state index contributed by atoms with van der Waals surface area (Å²) in [6.45, 7) is 5.47. The van der Waals surface area contributed by atoms with E-state index in [4.69, 9.17) is 9.47 Å². The zero-order valence-corrected chi connectivity index (χ0v) is 20.4. The van der Waals surface area contributed by atoms with Crippen molar-refractivity contribution in [3.05, 3.63) is 59.8 Å². The van der Waals surface area contributed by atoms with E-state index in [1.807, 2.05) is 31.2 Å². The Kier molecular flexibility index (Phi) is 7.18. The summed E-state index contributed by atoms with van der Waals surface area (Å²) in [5.74, 6) is 1.78. The summed E-state index contributed by atoms with van der Waals surface area (Å²) in [6.07, 6.45) is 2.94. The van der Waals surface area contributed by atoms with Gasteiger partial charge < -0.3 is 25.0 Å². The van der Waals surface area contributed by atoms with Crippen LogP contribution in [-0.2, 0) is 21.1 Å². The molecule has 0 unspecified atom stereocenters. The van der Waals surface area contributed by atoms with E-state index in [0.717, 1.165) is 35.6 Å². The lowest BCUT2D eigenvalue weighted by atomic mass is 10.2. The molecular weight excluding hydrogens is 454 g/mol. The highest BCUT2D eigenvalue weighted by atomic mass is 32.2. The minimum Gasteiger partial charge on any atom is -0.494 e. The van der Waals surface area contributed by atoms with Gasteiger partial charge >= 0.3 is 0 Å². The SMILES string of the molecule is COc1cc(N2CCOCC2)ccc1Nc1ncc(C)c(NCc2cccc(S(C)(=O)=O)c2)n1. The highest BCUT2D eigenvalue weighted by Gasteiger charge is 2.15. The normalized spacial score (nSPS) is 14.0. The summed E-state index contributed by atoms with van der Waals surface area (Å²) < 4.78 is 34.7. The lowest BCUT2D eigenvalue weighted by molar-refractivity contribution is 0.122. The Bertz CT molecular complexity index is 1260. The standard InChI is InChI=1S/C24H29N5O4S/c1-17-15-26-24(28-23(17)25-16-18-5-4-6-20(13-18)34(3,30)31)27-21-8-7-19(14-22(21)32-2)29-9-11-33-12-10-29/h4-8,13-15H,9-12,16H2,1-3H3,(H2,25,26,27,28). The Labute approximate surface area is 200 Å². The van der Waals surface area contributed by atoms with Gasteiger partial charge in [0.05, 0.1) is 30.9 Å². The summed E-state index contributed by atoms with van der Waals surface area (Å²) in [7, 11) is -1.62. The maximum Gasteiger partial charge on any atom is 0.229 e. The van der Waals surface area contributed by atoms with Crippen molar-refractivity contribution in [2.24, 2.45) is 0 Å². The van der Waals surface area contributed by atoms with Crippen LogP contribution in [0.2, 0.25) is 0 Å². The van der Waals surface area contributed by atoms with Crippen molar-refractivity contribution >= 4 is 33.0 Å². The first-order valence-electron chi connectivity index (χ1n) is 11.0. The van der Waals surface area contributed by atoms with Crippen LogP contribution < -0.4 is 20.3 Å². The van der Waals surface area contributed by atoms with E-state index >= 15 is 0 Å². The Morgan fingerprint density at radius 3 is 2.68 bits per heavy atom. The molecule has 0 atom stereocenters. The van der Waals surface area contributed by atoms with Crippen molar-refractivity contribution in [1.29, 1.82) is 0 Å². The number of rotatable bonds is 8. The molecule has 0 saturated carbocycles. The number of nitrogens with zero attached hydrogens (tertiary/aromatic N) is 3. The van der Waals surface area contributed by atoms with Gasteiger partial charge in [0.2, 0.25) is 5.95 Å². The maximum atomic E-state index is 11.8. The molecule has 34 heavy (non-hydrogen) atoms. The Morgan fingerprint density at radius 1 is 1.15 bits per heavy atom. The van der Waals surface area contributed by atoms with Crippen LogP contribution in [-0.4, -0.2) is 58.1 Å². The molecule has 2 N–H and O–H groups in total. The van der Waals surface area contributed by atoms with Gasteiger partial charge in [-0.2, -0.15) is 4.98 Å². The van der Waals surface area contributed by atoms with E-state index in [-0.39, 0.29) is 0 Å². The molecule has 0 bridgehead atoms. The molecule has 1 aliphatic rings. The molecule has 0 aliphatic carbocycles. The fourth-order valence-electron chi connectivity index (χ4n) is 3.67. The number of hydrogen-bond donors (Lipinski definition) is 2. The quantitative estimate of drug-likeness (QED) is 0.499. The van der Waals surface area contributed by atoms with Crippen LogP contribution in [0.4, 0.5) is 23.1 Å². The zero-order chi connectivity index (χ0) is 24.1. The number of morpholine rings is 1. The number of hydrogen-bond acceptors (Lipinski definition) is 9. The number of aryl methyl sites for hydroxylation is 1. The number of benzene rings is 2. The molecule has 4 rings (SSSR count). The van der Waals surface area contributed by atoms with Gasteiger partial charge in [0.15, 0.2) is 9.84 Å². The van der Waals surface area contributed by atoms with Gasteiger partial charge in [-0.1, -0.05) is 12.1 Å². The van der Waals surface area contributed by atoms with Crippen LogP contribution in [0.15, 0.2) is 53.6 Å². The van der Waals surface area contributed by atoms with E-state index < -0.39 is 9.84 Å². The van der Waals surface area contributed by atoms with Gasteiger partial charge in [0.25, 0.3) is 0 Å². The van der Waals surface area contributed by atoms with Crippen LogP contribution >= 0.6 is 0 Å². The zero-order valence-electron chi connectivity index (χ0n) is 19.5. The first-order valence-corrected chi connectivity index (χ1v) is 12.9. The first kappa shape index (κ1) is 23.8. The number of anilines is 4. The highest BCUT2D eigenvalue weighted by Crippen LogP contribution is 2.32. The predicted molar refractivity (Wildman–Crippen MR) is 133 cm³/mol. The molecule has 2 heterocycles. The van der Waals surface area contributed by atoms with Gasteiger partial charge in [-0.3, -0.25) is 0 Å². The summed E-state index contributed by atoms with van der Waals surface area (Å²) >= 11 is 0. The Balaban J connectivity index is 1.49. The summed E-state index contributed by atoms with van der Waals surface area (Å²) in [5, 5.41) is 6.52. The summed E-state index contributed by atoms with van der Waals surface area (Å²) in [5.41, 5.74) is 3.56. The second-order valence-corrected chi connectivity index (χ2v) is 10.1. The van der Waals surface area contributed by atoms with Crippen molar-refractivity contribution in [3.8, 4) is 5.75 Å². The molecule has 180 valence electrons. The molecular formula is C24H29N5O4S. The van der Waals surface area contributed by atoms with Gasteiger partial charge in [0.1, 0.15) is 11.6 Å². The minimum absolute atomic E-state index is 0.293. The molecule has 0 radical (unpaired) electrons. The van der Waals surface area contributed by atoms with Crippen LogP contribution in [0.3, 0.4) is 0 Å². The third kappa shape index (κ3) is 5.75. The molecule has 1 saturated heterocycles. The number of methoxy groups -OCH3 is 1. The first-order chi connectivity index (χ1) is 16.3. The third-order valence-corrected chi connectivity index (χ3v) is 6.68.